The van der Waals surface area contributed by atoms with Gasteiger partial charge in [0.2, 0.25) is 5.91 Å². The van der Waals surface area contributed by atoms with Crippen molar-refractivity contribution in [2.75, 3.05) is 37.9 Å². The van der Waals surface area contributed by atoms with E-state index in [1.807, 2.05) is 17.0 Å². The van der Waals surface area contributed by atoms with Crippen LogP contribution in [0.1, 0.15) is 13.3 Å². The molecule has 1 rings (SSSR count). The third kappa shape index (κ3) is 3.55. The lowest BCUT2D eigenvalue weighted by atomic mass is 10.2. The molecule has 1 aromatic carbocycles. The summed E-state index contributed by atoms with van der Waals surface area (Å²) in [6.45, 7) is 3.15. The predicted octanol–water partition coefficient (Wildman–Crippen LogP) is 1.24. The van der Waals surface area contributed by atoms with Crippen LogP contribution in [0.4, 0.5) is 11.4 Å². The molecule has 0 fully saturated rings. The molecule has 100 valence electrons. The fraction of sp³-hybridized carbons (Fsp3) is 0.462. The van der Waals surface area contributed by atoms with Crippen LogP contribution in [-0.4, -0.2) is 33.2 Å². The molecular weight excluding hydrogens is 230 g/mol. The topological polar surface area (TPSA) is 67.6 Å². The van der Waals surface area contributed by atoms with E-state index in [2.05, 4.69) is 12.2 Å². The third-order valence-electron chi connectivity index (χ3n) is 2.68. The standard InChI is InChI=1S/C13H21N3O2/c1-4-7-16(9-13(17)15-2)12-6-5-10(18-3)8-11(12)14/h5-6,8H,4,7,9,14H2,1-3H3,(H,15,17). The Morgan fingerprint density at radius 2 is 2.22 bits per heavy atom. The molecule has 0 aliphatic rings. The number of hydrogen-bond donors (Lipinski definition) is 2. The second kappa shape index (κ2) is 6.74. The highest BCUT2D eigenvalue weighted by Crippen LogP contribution is 2.27. The first-order chi connectivity index (χ1) is 8.62. The molecule has 0 atom stereocenters. The maximum Gasteiger partial charge on any atom is 0.239 e. The Kier molecular flexibility index (Phi) is 5.30. The highest BCUT2D eigenvalue weighted by Gasteiger charge is 2.13. The number of methoxy groups -OCH3 is 1. The van der Waals surface area contributed by atoms with Gasteiger partial charge in [-0.1, -0.05) is 6.92 Å². The van der Waals surface area contributed by atoms with Crippen molar-refractivity contribution in [3.63, 3.8) is 0 Å². The summed E-state index contributed by atoms with van der Waals surface area (Å²) in [6.07, 6.45) is 0.947. The van der Waals surface area contributed by atoms with E-state index in [1.165, 1.54) is 0 Å². The van der Waals surface area contributed by atoms with Crippen molar-refractivity contribution in [3.05, 3.63) is 18.2 Å². The summed E-state index contributed by atoms with van der Waals surface area (Å²) in [6, 6.07) is 5.49. The molecule has 5 nitrogen and oxygen atoms in total. The van der Waals surface area contributed by atoms with E-state index in [0.29, 0.717) is 18.0 Å². The third-order valence-corrected chi connectivity index (χ3v) is 2.68. The molecule has 0 unspecified atom stereocenters. The molecule has 0 spiro atoms. The minimum atomic E-state index is -0.0290. The summed E-state index contributed by atoms with van der Waals surface area (Å²) in [5.74, 6) is 0.686. The van der Waals surface area contributed by atoms with E-state index in [9.17, 15) is 4.79 Å². The van der Waals surface area contributed by atoms with E-state index >= 15 is 0 Å². The zero-order valence-corrected chi connectivity index (χ0v) is 11.2. The Morgan fingerprint density at radius 1 is 1.50 bits per heavy atom. The first-order valence-corrected chi connectivity index (χ1v) is 6.01. The number of carbonyl (C=O) groups is 1. The number of hydrogen-bond acceptors (Lipinski definition) is 4. The monoisotopic (exact) mass is 251 g/mol. The molecule has 0 bridgehead atoms. The molecule has 18 heavy (non-hydrogen) atoms. The molecule has 0 heterocycles. The summed E-state index contributed by atoms with van der Waals surface area (Å²) in [7, 11) is 3.23. The van der Waals surface area contributed by atoms with Crippen LogP contribution in [0.2, 0.25) is 0 Å². The van der Waals surface area contributed by atoms with Gasteiger partial charge in [0.25, 0.3) is 0 Å². The molecule has 5 heteroatoms. The normalized spacial score (nSPS) is 9.94. The Hall–Kier alpha value is -1.91. The van der Waals surface area contributed by atoms with E-state index in [0.717, 1.165) is 18.7 Å². The van der Waals surface area contributed by atoms with E-state index in [1.54, 1.807) is 20.2 Å². The molecule has 1 aromatic rings. The summed E-state index contributed by atoms with van der Waals surface area (Å²) < 4.78 is 5.11. The van der Waals surface area contributed by atoms with E-state index in [4.69, 9.17) is 10.5 Å². The lowest BCUT2D eigenvalue weighted by Crippen LogP contribution is -2.36. The zero-order valence-electron chi connectivity index (χ0n) is 11.2. The van der Waals surface area contributed by atoms with E-state index < -0.39 is 0 Å². The fourth-order valence-corrected chi connectivity index (χ4v) is 1.75. The van der Waals surface area contributed by atoms with Crippen LogP contribution in [0.3, 0.4) is 0 Å². The number of amides is 1. The average Bonchev–Trinajstić information content (AvgIpc) is 2.38. The van der Waals surface area contributed by atoms with Crippen LogP contribution in [0.5, 0.6) is 5.75 Å². The van der Waals surface area contributed by atoms with Gasteiger partial charge in [0.1, 0.15) is 5.75 Å². The van der Waals surface area contributed by atoms with Gasteiger partial charge in [0, 0.05) is 19.7 Å². The maximum atomic E-state index is 11.5. The second-order valence-corrected chi connectivity index (χ2v) is 4.02. The van der Waals surface area contributed by atoms with Crippen LogP contribution in [0.15, 0.2) is 18.2 Å². The average molecular weight is 251 g/mol. The van der Waals surface area contributed by atoms with Crippen molar-refractivity contribution in [1.82, 2.24) is 5.32 Å². The predicted molar refractivity (Wildman–Crippen MR) is 74.0 cm³/mol. The number of carbonyl (C=O) groups excluding carboxylic acids is 1. The van der Waals surface area contributed by atoms with Gasteiger partial charge >= 0.3 is 0 Å². The van der Waals surface area contributed by atoms with Crippen molar-refractivity contribution >= 4 is 17.3 Å². The SMILES string of the molecule is CCCN(CC(=O)NC)c1ccc(OC)cc1N. The molecular formula is C13H21N3O2. The maximum absolute atomic E-state index is 11.5. The number of ether oxygens (including phenoxy) is 1. The largest absolute Gasteiger partial charge is 0.497 e. The Bertz CT molecular complexity index is 407. The van der Waals surface area contributed by atoms with Crippen molar-refractivity contribution in [2.45, 2.75) is 13.3 Å². The summed E-state index contributed by atoms with van der Waals surface area (Å²) in [4.78, 5) is 13.5. The van der Waals surface area contributed by atoms with Crippen molar-refractivity contribution in [3.8, 4) is 5.75 Å². The van der Waals surface area contributed by atoms with Gasteiger partial charge in [-0.2, -0.15) is 0 Å². The number of nitrogens with two attached hydrogens (primary N) is 1. The minimum absolute atomic E-state index is 0.0290. The number of nitrogen functional groups attached to an aromatic ring is 1. The smallest absolute Gasteiger partial charge is 0.239 e. The van der Waals surface area contributed by atoms with Gasteiger partial charge in [-0.3, -0.25) is 4.79 Å². The first kappa shape index (κ1) is 14.2. The van der Waals surface area contributed by atoms with Gasteiger partial charge in [0.05, 0.1) is 25.0 Å². The number of nitrogens with zero attached hydrogens (tertiary/aromatic N) is 1. The second-order valence-electron chi connectivity index (χ2n) is 4.02. The summed E-state index contributed by atoms with van der Waals surface area (Å²) >= 11 is 0. The quantitative estimate of drug-likeness (QED) is 0.746. The number of benzene rings is 1. The molecule has 0 aliphatic carbocycles. The van der Waals surface area contributed by atoms with Gasteiger partial charge in [-0.15, -0.1) is 0 Å². The Morgan fingerprint density at radius 3 is 2.72 bits per heavy atom. The van der Waals surface area contributed by atoms with Crippen molar-refractivity contribution in [1.29, 1.82) is 0 Å². The zero-order chi connectivity index (χ0) is 13.5. The van der Waals surface area contributed by atoms with Crippen LogP contribution in [-0.2, 0) is 4.79 Å². The van der Waals surface area contributed by atoms with Crippen LogP contribution in [0.25, 0.3) is 0 Å². The first-order valence-electron chi connectivity index (χ1n) is 6.01. The Balaban J connectivity index is 2.94. The highest BCUT2D eigenvalue weighted by molar-refractivity contribution is 5.83. The lowest BCUT2D eigenvalue weighted by Gasteiger charge is -2.25. The number of nitrogens with one attached hydrogen (secondary N) is 1. The van der Waals surface area contributed by atoms with Crippen LogP contribution >= 0.6 is 0 Å². The molecule has 0 saturated heterocycles. The van der Waals surface area contributed by atoms with Gasteiger partial charge in [0.15, 0.2) is 0 Å². The summed E-state index contributed by atoms with van der Waals surface area (Å²) in [5.41, 5.74) is 7.47. The number of rotatable bonds is 6. The number of anilines is 2. The fourth-order valence-electron chi connectivity index (χ4n) is 1.75. The van der Waals surface area contributed by atoms with Crippen LogP contribution < -0.4 is 20.7 Å². The summed E-state index contributed by atoms with van der Waals surface area (Å²) in [5, 5.41) is 2.62. The van der Waals surface area contributed by atoms with Gasteiger partial charge < -0.3 is 20.7 Å². The minimum Gasteiger partial charge on any atom is -0.497 e. The van der Waals surface area contributed by atoms with E-state index in [-0.39, 0.29) is 5.91 Å². The van der Waals surface area contributed by atoms with Crippen LogP contribution in [0, 0.1) is 0 Å². The Labute approximate surface area is 108 Å². The van der Waals surface area contributed by atoms with Gasteiger partial charge in [-0.25, -0.2) is 0 Å². The molecule has 0 radical (unpaired) electrons. The molecule has 1 amide bonds. The number of likely N-dealkylation sites (N-methyl/N-ethyl adjacent to an activating group) is 1. The highest BCUT2D eigenvalue weighted by atomic mass is 16.5. The van der Waals surface area contributed by atoms with Crippen molar-refractivity contribution in [2.24, 2.45) is 0 Å². The molecule has 3 N–H and O–H groups in total. The van der Waals surface area contributed by atoms with Gasteiger partial charge in [-0.05, 0) is 18.6 Å². The molecule has 0 aromatic heterocycles. The van der Waals surface area contributed by atoms with Crippen molar-refractivity contribution < 1.29 is 9.53 Å². The molecule has 0 saturated carbocycles. The molecule has 0 aliphatic heterocycles. The lowest BCUT2D eigenvalue weighted by molar-refractivity contribution is -0.119.